The van der Waals surface area contributed by atoms with Gasteiger partial charge in [-0.1, -0.05) is 0 Å². The summed E-state index contributed by atoms with van der Waals surface area (Å²) in [7, 11) is 0. The highest BCUT2D eigenvalue weighted by atomic mass is 35.5. The molecule has 0 aliphatic heterocycles. The molecule has 0 aromatic carbocycles. The lowest BCUT2D eigenvalue weighted by Crippen LogP contribution is -1.99. The summed E-state index contributed by atoms with van der Waals surface area (Å²) in [6.45, 7) is 1.78. The Morgan fingerprint density at radius 1 is 1.25 bits per heavy atom. The first kappa shape index (κ1) is 11.1. The summed E-state index contributed by atoms with van der Waals surface area (Å²) < 4.78 is 0. The second kappa shape index (κ2) is 4.63. The standard InChI is InChI=1S/C9H8ClN5S/c1-5-6(11)7(15-8(10)14-5)16-9-12-3-2-4-13-9/h2-4H,11H2,1H3. The Morgan fingerprint density at radius 2 is 1.94 bits per heavy atom. The van der Waals surface area contributed by atoms with Crippen molar-refractivity contribution in [1.82, 2.24) is 19.9 Å². The zero-order valence-corrected chi connectivity index (χ0v) is 9.96. The topological polar surface area (TPSA) is 77.6 Å². The molecule has 2 aromatic rings. The SMILES string of the molecule is Cc1nc(Cl)nc(Sc2ncccn2)c1N. The molecule has 0 aliphatic carbocycles. The second-order valence-electron chi connectivity index (χ2n) is 2.93. The zero-order valence-electron chi connectivity index (χ0n) is 8.38. The van der Waals surface area contributed by atoms with E-state index in [0.717, 1.165) is 0 Å². The molecule has 0 spiro atoms. The number of aromatic nitrogens is 4. The third-order valence-electron chi connectivity index (χ3n) is 1.80. The minimum atomic E-state index is 0.171. The monoisotopic (exact) mass is 253 g/mol. The molecule has 2 N–H and O–H groups in total. The molecule has 0 saturated carbocycles. The number of halogens is 1. The number of anilines is 1. The van der Waals surface area contributed by atoms with Gasteiger partial charge in [-0.2, -0.15) is 0 Å². The second-order valence-corrected chi connectivity index (χ2v) is 4.22. The minimum absolute atomic E-state index is 0.171. The van der Waals surface area contributed by atoms with Gasteiger partial charge in [0.15, 0.2) is 5.16 Å². The predicted molar refractivity (Wildman–Crippen MR) is 62.3 cm³/mol. The maximum Gasteiger partial charge on any atom is 0.223 e. The number of hydrogen-bond donors (Lipinski definition) is 1. The summed E-state index contributed by atoms with van der Waals surface area (Å²) in [5.41, 5.74) is 6.99. The predicted octanol–water partition coefficient (Wildman–Crippen LogP) is 1.96. The van der Waals surface area contributed by atoms with E-state index in [0.29, 0.717) is 21.6 Å². The van der Waals surface area contributed by atoms with E-state index in [1.807, 2.05) is 0 Å². The molecule has 0 bridgehead atoms. The van der Waals surface area contributed by atoms with Crippen molar-refractivity contribution in [3.63, 3.8) is 0 Å². The van der Waals surface area contributed by atoms with Crippen molar-refractivity contribution < 1.29 is 0 Å². The largest absolute Gasteiger partial charge is 0.395 e. The Balaban J connectivity index is 2.35. The van der Waals surface area contributed by atoms with Gasteiger partial charge >= 0.3 is 0 Å². The molecule has 0 amide bonds. The molecule has 0 atom stereocenters. The number of nitrogens with zero attached hydrogens (tertiary/aromatic N) is 4. The Morgan fingerprint density at radius 3 is 2.62 bits per heavy atom. The van der Waals surface area contributed by atoms with Gasteiger partial charge in [-0.25, -0.2) is 19.9 Å². The van der Waals surface area contributed by atoms with Crippen LogP contribution in [0.15, 0.2) is 28.6 Å². The van der Waals surface area contributed by atoms with Gasteiger partial charge in [-0.05, 0) is 36.4 Å². The molecular weight excluding hydrogens is 246 g/mol. The first-order chi connectivity index (χ1) is 7.66. The van der Waals surface area contributed by atoms with Gasteiger partial charge < -0.3 is 5.73 Å². The molecule has 0 unspecified atom stereocenters. The summed E-state index contributed by atoms with van der Waals surface area (Å²) in [5, 5.41) is 1.32. The van der Waals surface area contributed by atoms with E-state index in [-0.39, 0.29) is 5.28 Å². The molecule has 82 valence electrons. The fourth-order valence-electron chi connectivity index (χ4n) is 1.02. The Labute approximate surface area is 101 Å². The Bertz CT molecular complexity index is 505. The Hall–Kier alpha value is -1.40. The van der Waals surface area contributed by atoms with Gasteiger partial charge in [0.1, 0.15) is 5.03 Å². The van der Waals surface area contributed by atoms with E-state index >= 15 is 0 Å². The molecule has 5 nitrogen and oxygen atoms in total. The summed E-state index contributed by atoms with van der Waals surface area (Å²) in [6.07, 6.45) is 3.31. The lowest BCUT2D eigenvalue weighted by Gasteiger charge is -2.05. The van der Waals surface area contributed by atoms with Crippen molar-refractivity contribution in [3.05, 3.63) is 29.4 Å². The van der Waals surface area contributed by atoms with Crippen molar-refractivity contribution in [2.24, 2.45) is 0 Å². The van der Waals surface area contributed by atoms with E-state index in [2.05, 4.69) is 19.9 Å². The molecular formula is C9H8ClN5S. The first-order valence-corrected chi connectivity index (χ1v) is 5.61. The van der Waals surface area contributed by atoms with Gasteiger partial charge in [0.2, 0.25) is 5.28 Å². The van der Waals surface area contributed by atoms with Crippen LogP contribution in [-0.2, 0) is 0 Å². The van der Waals surface area contributed by atoms with Crippen LogP contribution in [0.25, 0.3) is 0 Å². The highest BCUT2D eigenvalue weighted by Crippen LogP contribution is 2.29. The van der Waals surface area contributed by atoms with E-state index in [4.69, 9.17) is 17.3 Å². The average Bonchev–Trinajstić information content (AvgIpc) is 2.27. The van der Waals surface area contributed by atoms with Crippen molar-refractivity contribution in [2.45, 2.75) is 17.1 Å². The zero-order chi connectivity index (χ0) is 11.5. The fourth-order valence-corrected chi connectivity index (χ4v) is 2.08. The fraction of sp³-hybridized carbons (Fsp3) is 0.111. The molecule has 2 heterocycles. The van der Waals surface area contributed by atoms with Crippen LogP contribution in [0.1, 0.15) is 5.69 Å². The number of nitrogens with two attached hydrogens (primary N) is 1. The van der Waals surface area contributed by atoms with Gasteiger partial charge in [0, 0.05) is 12.4 Å². The van der Waals surface area contributed by atoms with Gasteiger partial charge in [-0.3, -0.25) is 0 Å². The first-order valence-electron chi connectivity index (χ1n) is 4.41. The smallest absolute Gasteiger partial charge is 0.223 e. The lowest BCUT2D eigenvalue weighted by molar-refractivity contribution is 0.953. The van der Waals surface area contributed by atoms with Crippen LogP contribution in [-0.4, -0.2) is 19.9 Å². The maximum absolute atomic E-state index is 5.84. The number of rotatable bonds is 2. The number of hydrogen-bond acceptors (Lipinski definition) is 6. The van der Waals surface area contributed by atoms with E-state index < -0.39 is 0 Å². The summed E-state index contributed by atoms with van der Waals surface area (Å²) in [6, 6.07) is 1.74. The summed E-state index contributed by atoms with van der Waals surface area (Å²) >= 11 is 7.02. The average molecular weight is 254 g/mol. The van der Waals surface area contributed by atoms with Crippen molar-refractivity contribution in [1.29, 1.82) is 0 Å². The van der Waals surface area contributed by atoms with Gasteiger partial charge in [0.05, 0.1) is 11.4 Å². The minimum Gasteiger partial charge on any atom is -0.395 e. The third-order valence-corrected chi connectivity index (χ3v) is 2.87. The van der Waals surface area contributed by atoms with Crippen LogP contribution < -0.4 is 5.73 Å². The third kappa shape index (κ3) is 2.40. The number of nitrogen functional groups attached to an aromatic ring is 1. The van der Waals surface area contributed by atoms with Crippen LogP contribution in [0.4, 0.5) is 5.69 Å². The van der Waals surface area contributed by atoms with Crippen LogP contribution in [0.2, 0.25) is 5.28 Å². The normalized spacial score (nSPS) is 10.4. The van der Waals surface area contributed by atoms with Crippen LogP contribution in [0.5, 0.6) is 0 Å². The molecule has 0 fully saturated rings. The van der Waals surface area contributed by atoms with Crippen LogP contribution in [0, 0.1) is 6.92 Å². The van der Waals surface area contributed by atoms with Crippen LogP contribution >= 0.6 is 23.4 Å². The molecule has 0 radical (unpaired) electrons. The quantitative estimate of drug-likeness (QED) is 0.651. The van der Waals surface area contributed by atoms with Crippen molar-refractivity contribution in [2.75, 3.05) is 5.73 Å². The van der Waals surface area contributed by atoms with Crippen molar-refractivity contribution >= 4 is 29.1 Å². The van der Waals surface area contributed by atoms with E-state index in [1.165, 1.54) is 11.8 Å². The molecule has 2 aromatic heterocycles. The van der Waals surface area contributed by atoms with Gasteiger partial charge in [-0.15, -0.1) is 0 Å². The summed E-state index contributed by atoms with van der Waals surface area (Å²) in [4.78, 5) is 16.1. The maximum atomic E-state index is 5.84. The van der Waals surface area contributed by atoms with Crippen LogP contribution in [0.3, 0.4) is 0 Å². The molecule has 0 saturated heterocycles. The highest BCUT2D eigenvalue weighted by molar-refractivity contribution is 7.99. The Kier molecular flexibility index (Phi) is 3.21. The summed E-state index contributed by atoms with van der Waals surface area (Å²) in [5.74, 6) is 0. The molecule has 7 heteroatoms. The number of aryl methyl sites for hydroxylation is 1. The molecule has 16 heavy (non-hydrogen) atoms. The van der Waals surface area contributed by atoms with E-state index in [1.54, 1.807) is 25.4 Å². The van der Waals surface area contributed by atoms with Gasteiger partial charge in [0.25, 0.3) is 0 Å². The lowest BCUT2D eigenvalue weighted by atomic mass is 10.4. The molecule has 0 aliphatic rings. The van der Waals surface area contributed by atoms with Crippen molar-refractivity contribution in [3.8, 4) is 0 Å². The molecule has 2 rings (SSSR count). The highest BCUT2D eigenvalue weighted by Gasteiger charge is 2.10. The van der Waals surface area contributed by atoms with E-state index in [9.17, 15) is 0 Å².